The summed E-state index contributed by atoms with van der Waals surface area (Å²) < 4.78 is 0. The summed E-state index contributed by atoms with van der Waals surface area (Å²) in [6.07, 6.45) is 3.46. The van der Waals surface area contributed by atoms with E-state index >= 15 is 0 Å². The summed E-state index contributed by atoms with van der Waals surface area (Å²) in [5, 5.41) is 31.6. The fraction of sp³-hybridized carbons (Fsp3) is 0.571. The van der Waals surface area contributed by atoms with Gasteiger partial charge in [-0.3, -0.25) is 0 Å². The van der Waals surface area contributed by atoms with Gasteiger partial charge in [0.1, 0.15) is 0 Å². The van der Waals surface area contributed by atoms with Crippen LogP contribution in [0.4, 0.5) is 0 Å². The standard InChI is InChI=1S/C14H21NO3/c16-9-12-5-1-3-10(12)7-15-8-11-4-2-6-13(17)14(11)18/h2,4,6,10,12,15-18H,1,3,5,7-9H2. The summed E-state index contributed by atoms with van der Waals surface area (Å²) in [5.41, 5.74) is 0.702. The first-order chi connectivity index (χ1) is 8.72. The molecule has 4 nitrogen and oxygen atoms in total. The Balaban J connectivity index is 1.83. The maximum absolute atomic E-state index is 9.66. The largest absolute Gasteiger partial charge is 0.504 e. The molecule has 4 heteroatoms. The zero-order valence-corrected chi connectivity index (χ0v) is 10.5. The van der Waals surface area contributed by atoms with Gasteiger partial charge in [-0.05, 0) is 37.3 Å². The lowest BCUT2D eigenvalue weighted by molar-refractivity contribution is 0.192. The number of rotatable bonds is 5. The van der Waals surface area contributed by atoms with Gasteiger partial charge in [-0.25, -0.2) is 0 Å². The lowest BCUT2D eigenvalue weighted by Gasteiger charge is -2.18. The highest BCUT2D eigenvalue weighted by molar-refractivity contribution is 5.44. The number of benzene rings is 1. The molecule has 4 N–H and O–H groups in total. The van der Waals surface area contributed by atoms with Crippen LogP contribution in [0.25, 0.3) is 0 Å². The van der Waals surface area contributed by atoms with Crippen LogP contribution in [0.2, 0.25) is 0 Å². The monoisotopic (exact) mass is 251 g/mol. The summed E-state index contributed by atoms with van der Waals surface area (Å²) >= 11 is 0. The van der Waals surface area contributed by atoms with Crippen molar-refractivity contribution in [2.75, 3.05) is 13.2 Å². The van der Waals surface area contributed by atoms with Crippen molar-refractivity contribution in [1.82, 2.24) is 5.32 Å². The average Bonchev–Trinajstić information content (AvgIpc) is 2.82. The van der Waals surface area contributed by atoms with E-state index in [1.54, 1.807) is 12.1 Å². The molecular formula is C14H21NO3. The predicted molar refractivity (Wildman–Crippen MR) is 69.4 cm³/mol. The van der Waals surface area contributed by atoms with E-state index in [1.807, 2.05) is 0 Å². The number of phenols is 2. The Labute approximate surface area is 107 Å². The summed E-state index contributed by atoms with van der Waals surface area (Å²) in [6, 6.07) is 4.98. The van der Waals surface area contributed by atoms with Gasteiger partial charge in [-0.2, -0.15) is 0 Å². The SMILES string of the molecule is OCC1CCCC1CNCc1cccc(O)c1O. The molecule has 1 aliphatic rings. The molecule has 0 saturated heterocycles. The molecule has 1 aromatic rings. The molecular weight excluding hydrogens is 230 g/mol. The molecule has 0 radical (unpaired) electrons. The third kappa shape index (κ3) is 2.94. The maximum Gasteiger partial charge on any atom is 0.161 e. The van der Waals surface area contributed by atoms with E-state index in [4.69, 9.17) is 0 Å². The predicted octanol–water partition coefficient (Wildman–Crippen LogP) is 1.60. The van der Waals surface area contributed by atoms with Crippen LogP contribution in [0.5, 0.6) is 11.5 Å². The van der Waals surface area contributed by atoms with Gasteiger partial charge in [-0.1, -0.05) is 18.6 Å². The van der Waals surface area contributed by atoms with Crippen LogP contribution in [0, 0.1) is 11.8 Å². The van der Waals surface area contributed by atoms with E-state index in [1.165, 1.54) is 12.5 Å². The van der Waals surface area contributed by atoms with Gasteiger partial charge in [0.15, 0.2) is 11.5 Å². The van der Waals surface area contributed by atoms with Gasteiger partial charge < -0.3 is 20.6 Å². The molecule has 0 heterocycles. The van der Waals surface area contributed by atoms with Gasteiger partial charge in [0.25, 0.3) is 0 Å². The first-order valence-electron chi connectivity index (χ1n) is 6.53. The number of aliphatic hydroxyl groups is 1. The quantitative estimate of drug-likeness (QED) is 0.600. The second-order valence-electron chi connectivity index (χ2n) is 5.05. The van der Waals surface area contributed by atoms with Crippen molar-refractivity contribution in [3.8, 4) is 11.5 Å². The van der Waals surface area contributed by atoms with Crippen LogP contribution < -0.4 is 5.32 Å². The van der Waals surface area contributed by atoms with Gasteiger partial charge >= 0.3 is 0 Å². The van der Waals surface area contributed by atoms with Crippen molar-refractivity contribution in [2.24, 2.45) is 11.8 Å². The minimum absolute atomic E-state index is 0.0462. The molecule has 18 heavy (non-hydrogen) atoms. The van der Waals surface area contributed by atoms with Crippen LogP contribution in [-0.4, -0.2) is 28.5 Å². The Hall–Kier alpha value is -1.26. The summed E-state index contributed by atoms with van der Waals surface area (Å²) in [6.45, 7) is 1.65. The third-order valence-corrected chi connectivity index (χ3v) is 3.87. The highest BCUT2D eigenvalue weighted by atomic mass is 16.3. The van der Waals surface area contributed by atoms with Gasteiger partial charge in [0.2, 0.25) is 0 Å². The summed E-state index contributed by atoms with van der Waals surface area (Å²) in [4.78, 5) is 0. The highest BCUT2D eigenvalue weighted by Crippen LogP contribution is 2.31. The Morgan fingerprint density at radius 2 is 1.94 bits per heavy atom. The fourth-order valence-corrected chi connectivity index (χ4v) is 2.74. The van der Waals surface area contributed by atoms with Gasteiger partial charge in [0, 0.05) is 18.7 Å². The number of hydrogen-bond acceptors (Lipinski definition) is 4. The van der Waals surface area contributed by atoms with Crippen molar-refractivity contribution in [3.05, 3.63) is 23.8 Å². The number of para-hydroxylation sites is 1. The fourth-order valence-electron chi connectivity index (χ4n) is 2.74. The molecule has 1 aromatic carbocycles. The summed E-state index contributed by atoms with van der Waals surface area (Å²) in [5.74, 6) is 0.809. The van der Waals surface area contributed by atoms with Crippen LogP contribution in [0.15, 0.2) is 18.2 Å². The van der Waals surface area contributed by atoms with E-state index in [0.717, 1.165) is 19.4 Å². The zero-order chi connectivity index (χ0) is 13.0. The van der Waals surface area contributed by atoms with E-state index < -0.39 is 0 Å². The normalized spacial score (nSPS) is 23.4. The summed E-state index contributed by atoms with van der Waals surface area (Å²) in [7, 11) is 0. The first kappa shape index (κ1) is 13.2. The second kappa shape index (κ2) is 6.07. The lowest BCUT2D eigenvalue weighted by atomic mass is 9.97. The molecule has 2 rings (SSSR count). The third-order valence-electron chi connectivity index (χ3n) is 3.87. The molecule has 0 bridgehead atoms. The highest BCUT2D eigenvalue weighted by Gasteiger charge is 2.25. The number of hydrogen-bond donors (Lipinski definition) is 4. The number of aromatic hydroxyl groups is 2. The Morgan fingerprint density at radius 1 is 1.17 bits per heavy atom. The van der Waals surface area contributed by atoms with Gasteiger partial charge in [0.05, 0.1) is 0 Å². The van der Waals surface area contributed by atoms with E-state index in [9.17, 15) is 15.3 Å². The zero-order valence-electron chi connectivity index (χ0n) is 10.5. The molecule has 2 unspecified atom stereocenters. The van der Waals surface area contributed by atoms with E-state index in [0.29, 0.717) is 23.9 Å². The Bertz CT molecular complexity index is 395. The van der Waals surface area contributed by atoms with Crippen molar-refractivity contribution < 1.29 is 15.3 Å². The molecule has 100 valence electrons. The Kier molecular flexibility index (Phi) is 4.44. The lowest BCUT2D eigenvalue weighted by Crippen LogP contribution is -2.26. The maximum atomic E-state index is 9.66. The molecule has 1 fully saturated rings. The number of phenolic OH excluding ortho intramolecular Hbond substituents is 2. The Morgan fingerprint density at radius 3 is 2.72 bits per heavy atom. The van der Waals surface area contributed by atoms with Crippen molar-refractivity contribution in [3.63, 3.8) is 0 Å². The minimum Gasteiger partial charge on any atom is -0.504 e. The number of nitrogens with one attached hydrogen (secondary N) is 1. The van der Waals surface area contributed by atoms with Crippen LogP contribution >= 0.6 is 0 Å². The molecule has 0 aromatic heterocycles. The second-order valence-corrected chi connectivity index (χ2v) is 5.05. The molecule has 2 atom stereocenters. The van der Waals surface area contributed by atoms with Crippen molar-refractivity contribution in [2.45, 2.75) is 25.8 Å². The smallest absolute Gasteiger partial charge is 0.161 e. The molecule has 0 amide bonds. The topological polar surface area (TPSA) is 72.7 Å². The van der Waals surface area contributed by atoms with Gasteiger partial charge in [-0.15, -0.1) is 0 Å². The first-order valence-corrected chi connectivity index (χ1v) is 6.53. The van der Waals surface area contributed by atoms with E-state index in [-0.39, 0.29) is 18.1 Å². The molecule has 1 saturated carbocycles. The van der Waals surface area contributed by atoms with Crippen molar-refractivity contribution >= 4 is 0 Å². The van der Waals surface area contributed by atoms with Crippen molar-refractivity contribution in [1.29, 1.82) is 0 Å². The van der Waals surface area contributed by atoms with Crippen LogP contribution in [-0.2, 0) is 6.54 Å². The van der Waals surface area contributed by atoms with Crippen LogP contribution in [0.1, 0.15) is 24.8 Å². The molecule has 0 spiro atoms. The average molecular weight is 251 g/mol. The molecule has 1 aliphatic carbocycles. The van der Waals surface area contributed by atoms with Crippen LogP contribution in [0.3, 0.4) is 0 Å². The molecule has 0 aliphatic heterocycles. The van der Waals surface area contributed by atoms with E-state index in [2.05, 4.69) is 5.32 Å². The number of aliphatic hydroxyl groups excluding tert-OH is 1. The minimum atomic E-state index is -0.0802.